The van der Waals surface area contributed by atoms with Gasteiger partial charge in [-0.1, -0.05) is 12.1 Å². The van der Waals surface area contributed by atoms with Gasteiger partial charge in [-0.3, -0.25) is 0 Å². The zero-order chi connectivity index (χ0) is 5.98. The van der Waals surface area contributed by atoms with Gasteiger partial charge in [0.1, 0.15) is 0 Å². The Morgan fingerprint density at radius 1 is 0.889 bits per heavy atom. The molecule has 0 amide bonds. The van der Waals surface area contributed by atoms with E-state index in [9.17, 15) is 0 Å². The van der Waals surface area contributed by atoms with Crippen LogP contribution in [0.15, 0.2) is 24.3 Å². The lowest BCUT2D eigenvalue weighted by Crippen LogP contribution is -1.63. The fourth-order valence-electron chi connectivity index (χ4n) is 0.464. The fraction of sp³-hybridized carbons (Fsp3) is 0. The van der Waals surface area contributed by atoms with Gasteiger partial charge in [0.25, 0.3) is 0 Å². The van der Waals surface area contributed by atoms with Gasteiger partial charge in [-0.25, -0.2) is 0 Å². The minimum absolute atomic E-state index is 0. The molecule has 0 saturated heterocycles. The molecular formula is C6H9BO2. The predicted octanol–water partition coefficient (Wildman–Crippen LogP) is -0.0861. The molecule has 0 aliphatic carbocycles. The molecule has 2 nitrogen and oxygen atoms in total. The number of phenols is 2. The molecule has 2 N–H and O–H groups in total. The first-order chi connectivity index (χ1) is 3.80. The maximum atomic E-state index is 8.67. The fourth-order valence-corrected chi connectivity index (χ4v) is 0.464. The van der Waals surface area contributed by atoms with Crippen LogP contribution in [0.2, 0.25) is 0 Å². The van der Waals surface area contributed by atoms with E-state index in [1.54, 1.807) is 12.1 Å². The van der Waals surface area contributed by atoms with Crippen molar-refractivity contribution in [2.75, 3.05) is 0 Å². The van der Waals surface area contributed by atoms with Crippen LogP contribution in [-0.2, 0) is 0 Å². The maximum Gasteiger partial charge on any atom is 0.157 e. The van der Waals surface area contributed by atoms with E-state index in [-0.39, 0.29) is 19.9 Å². The number of para-hydroxylation sites is 2. The van der Waals surface area contributed by atoms with Crippen LogP contribution < -0.4 is 0 Å². The Morgan fingerprint density at radius 2 is 1.22 bits per heavy atom. The second-order valence-electron chi connectivity index (χ2n) is 1.49. The molecule has 0 aliphatic rings. The Kier molecular flexibility index (Phi) is 2.65. The molecule has 9 heavy (non-hydrogen) atoms. The molecule has 0 unspecified atom stereocenters. The monoisotopic (exact) mass is 124 g/mol. The van der Waals surface area contributed by atoms with E-state index in [4.69, 9.17) is 10.2 Å². The lowest BCUT2D eigenvalue weighted by atomic mass is 10.3. The molecule has 1 rings (SSSR count). The molecule has 1 aromatic rings. The van der Waals surface area contributed by atoms with Crippen molar-refractivity contribution in [3.63, 3.8) is 0 Å². The highest BCUT2D eigenvalue weighted by Crippen LogP contribution is 2.21. The standard InChI is InChI=1S/C6H6O2.BH3/c7-5-3-1-2-4-6(5)8;/h1-4,7-8H;1H3. The molecule has 1 aromatic carbocycles. The molecule has 0 atom stereocenters. The van der Waals surface area contributed by atoms with Crippen LogP contribution in [0.1, 0.15) is 0 Å². The number of hydrogen-bond donors (Lipinski definition) is 2. The lowest BCUT2D eigenvalue weighted by molar-refractivity contribution is 0.404. The number of rotatable bonds is 0. The second-order valence-corrected chi connectivity index (χ2v) is 1.49. The maximum absolute atomic E-state index is 8.67. The van der Waals surface area contributed by atoms with E-state index in [1.165, 1.54) is 12.1 Å². The average Bonchev–Trinajstić information content (AvgIpc) is 1.77. The SMILES string of the molecule is B.Oc1ccccc1O. The highest BCUT2D eigenvalue weighted by Gasteiger charge is 1.90. The van der Waals surface area contributed by atoms with Gasteiger partial charge < -0.3 is 10.2 Å². The third kappa shape index (κ3) is 1.68. The zero-order valence-corrected chi connectivity index (χ0v) is 4.20. The van der Waals surface area contributed by atoms with Crippen molar-refractivity contribution in [2.45, 2.75) is 0 Å². The van der Waals surface area contributed by atoms with Crippen LogP contribution in [0.25, 0.3) is 0 Å². The van der Waals surface area contributed by atoms with Gasteiger partial charge in [0.2, 0.25) is 0 Å². The molecule has 3 heteroatoms. The summed E-state index contributed by atoms with van der Waals surface area (Å²) in [5.74, 6) is -0.153. The predicted molar refractivity (Wildman–Crippen MR) is 39.7 cm³/mol. The van der Waals surface area contributed by atoms with Crippen LogP contribution in [0, 0.1) is 0 Å². The van der Waals surface area contributed by atoms with Crippen LogP contribution in [0.4, 0.5) is 0 Å². The van der Waals surface area contributed by atoms with E-state index in [1.807, 2.05) is 0 Å². The first-order valence-corrected chi connectivity index (χ1v) is 2.27. The quantitative estimate of drug-likeness (QED) is 0.375. The first-order valence-electron chi connectivity index (χ1n) is 2.27. The van der Waals surface area contributed by atoms with Gasteiger partial charge >= 0.3 is 0 Å². The Hall–Kier alpha value is -1.12. The molecule has 48 valence electrons. The average molecular weight is 124 g/mol. The van der Waals surface area contributed by atoms with E-state index < -0.39 is 0 Å². The number of phenolic OH excluding ortho intramolecular Hbond substituents is 2. The normalized spacial score (nSPS) is 8.00. The second kappa shape index (κ2) is 3.02. The molecule has 0 fully saturated rings. The highest BCUT2D eigenvalue weighted by molar-refractivity contribution is 5.75. The Morgan fingerprint density at radius 3 is 1.44 bits per heavy atom. The summed E-state index contributed by atoms with van der Waals surface area (Å²) < 4.78 is 0. The largest absolute Gasteiger partial charge is 0.504 e. The summed E-state index contributed by atoms with van der Waals surface area (Å²) in [6, 6.07) is 6.15. The molecule has 0 radical (unpaired) electrons. The van der Waals surface area contributed by atoms with Crippen LogP contribution >= 0.6 is 0 Å². The van der Waals surface area contributed by atoms with Gasteiger partial charge in [0.05, 0.1) is 8.41 Å². The molecule has 0 aliphatic heterocycles. The van der Waals surface area contributed by atoms with Crippen molar-refractivity contribution in [3.05, 3.63) is 24.3 Å². The summed E-state index contributed by atoms with van der Waals surface area (Å²) in [6.45, 7) is 0. The molecule has 0 bridgehead atoms. The van der Waals surface area contributed by atoms with Gasteiger partial charge in [-0.15, -0.1) is 0 Å². The van der Waals surface area contributed by atoms with Crippen LogP contribution in [-0.4, -0.2) is 18.6 Å². The molecular weight excluding hydrogens is 115 g/mol. The minimum Gasteiger partial charge on any atom is -0.504 e. The van der Waals surface area contributed by atoms with Gasteiger partial charge in [-0.05, 0) is 12.1 Å². The van der Waals surface area contributed by atoms with Gasteiger partial charge in [0.15, 0.2) is 11.5 Å². The minimum atomic E-state index is -0.0764. The Bertz CT molecular complexity index is 167. The summed E-state index contributed by atoms with van der Waals surface area (Å²) in [6.07, 6.45) is 0. The van der Waals surface area contributed by atoms with Crippen molar-refractivity contribution in [1.29, 1.82) is 0 Å². The summed E-state index contributed by atoms with van der Waals surface area (Å²) in [4.78, 5) is 0. The van der Waals surface area contributed by atoms with Crippen molar-refractivity contribution in [1.82, 2.24) is 0 Å². The van der Waals surface area contributed by atoms with Crippen molar-refractivity contribution < 1.29 is 10.2 Å². The first kappa shape index (κ1) is 7.88. The summed E-state index contributed by atoms with van der Waals surface area (Å²) >= 11 is 0. The van der Waals surface area contributed by atoms with E-state index in [2.05, 4.69) is 0 Å². The summed E-state index contributed by atoms with van der Waals surface area (Å²) in [7, 11) is 0. The van der Waals surface area contributed by atoms with Crippen LogP contribution in [0.5, 0.6) is 11.5 Å². The van der Waals surface area contributed by atoms with Crippen molar-refractivity contribution in [3.8, 4) is 11.5 Å². The Balaban J connectivity index is 0.000000640. The zero-order valence-electron chi connectivity index (χ0n) is 4.20. The Labute approximate surface area is 55.3 Å². The number of benzene rings is 1. The summed E-state index contributed by atoms with van der Waals surface area (Å²) in [5.41, 5.74) is 0. The van der Waals surface area contributed by atoms with E-state index in [0.717, 1.165) is 0 Å². The number of hydrogen-bond acceptors (Lipinski definition) is 2. The van der Waals surface area contributed by atoms with Crippen molar-refractivity contribution in [2.24, 2.45) is 0 Å². The third-order valence-electron chi connectivity index (χ3n) is 0.882. The highest BCUT2D eigenvalue weighted by atomic mass is 16.3. The molecule has 0 aromatic heterocycles. The van der Waals surface area contributed by atoms with Crippen molar-refractivity contribution >= 4 is 8.41 Å². The summed E-state index contributed by atoms with van der Waals surface area (Å²) in [5, 5.41) is 17.3. The molecule has 0 spiro atoms. The molecule has 0 heterocycles. The smallest absolute Gasteiger partial charge is 0.157 e. The van der Waals surface area contributed by atoms with E-state index in [0.29, 0.717) is 0 Å². The molecule has 0 saturated carbocycles. The van der Waals surface area contributed by atoms with Crippen LogP contribution in [0.3, 0.4) is 0 Å². The number of aromatic hydroxyl groups is 2. The topological polar surface area (TPSA) is 40.5 Å². The van der Waals surface area contributed by atoms with Gasteiger partial charge in [-0.2, -0.15) is 0 Å². The van der Waals surface area contributed by atoms with Gasteiger partial charge in [0, 0.05) is 0 Å². The lowest BCUT2D eigenvalue weighted by Gasteiger charge is -1.91. The third-order valence-corrected chi connectivity index (χ3v) is 0.882. The van der Waals surface area contributed by atoms with E-state index >= 15 is 0 Å².